The van der Waals surface area contributed by atoms with E-state index in [1.165, 1.54) is 41.6 Å². The van der Waals surface area contributed by atoms with Gasteiger partial charge in [-0.1, -0.05) is 19.1 Å². The number of nitrogens with zero attached hydrogens (tertiary/aromatic N) is 3. The zero-order valence-corrected chi connectivity index (χ0v) is 19.5. The van der Waals surface area contributed by atoms with Crippen molar-refractivity contribution in [1.29, 1.82) is 0 Å². The first-order valence-electron chi connectivity index (χ1n) is 12.1. The molecule has 32 heavy (non-hydrogen) atoms. The van der Waals surface area contributed by atoms with E-state index in [-0.39, 0.29) is 5.91 Å². The molecule has 2 heterocycles. The van der Waals surface area contributed by atoms with Crippen LogP contribution in [0.2, 0.25) is 0 Å². The quantitative estimate of drug-likeness (QED) is 0.616. The smallest absolute Gasteiger partial charge is 0.224 e. The van der Waals surface area contributed by atoms with Gasteiger partial charge in [0.2, 0.25) is 5.91 Å². The Labute approximate surface area is 190 Å². The molecule has 3 aromatic rings. The molecule has 0 spiro atoms. The van der Waals surface area contributed by atoms with Gasteiger partial charge in [-0.25, -0.2) is 4.98 Å². The van der Waals surface area contributed by atoms with Gasteiger partial charge >= 0.3 is 0 Å². The first-order valence-corrected chi connectivity index (χ1v) is 12.1. The van der Waals surface area contributed by atoms with Gasteiger partial charge in [0.05, 0.1) is 11.0 Å². The number of hydrogen-bond donors (Lipinski definition) is 1. The molecule has 5 nitrogen and oxygen atoms in total. The van der Waals surface area contributed by atoms with Crippen LogP contribution in [0.1, 0.15) is 54.7 Å². The van der Waals surface area contributed by atoms with Crippen molar-refractivity contribution in [3.8, 4) is 0 Å². The number of carbonyl (C=O) groups excluding carboxylic acids is 1. The molecule has 1 fully saturated rings. The Hall–Kier alpha value is -2.66. The van der Waals surface area contributed by atoms with Crippen molar-refractivity contribution in [1.82, 2.24) is 14.5 Å². The van der Waals surface area contributed by atoms with E-state index in [0.717, 1.165) is 43.0 Å². The number of amides is 1. The summed E-state index contributed by atoms with van der Waals surface area (Å²) in [5, 5.41) is 3.00. The highest BCUT2D eigenvalue weighted by atomic mass is 16.1. The average Bonchev–Trinajstić information content (AvgIpc) is 3.32. The lowest BCUT2D eigenvalue weighted by atomic mass is 10.0. The van der Waals surface area contributed by atoms with Crippen molar-refractivity contribution in [3.63, 3.8) is 0 Å². The van der Waals surface area contributed by atoms with Crippen LogP contribution in [0.15, 0.2) is 36.4 Å². The van der Waals surface area contributed by atoms with Gasteiger partial charge in [0.25, 0.3) is 0 Å². The third-order valence-corrected chi connectivity index (χ3v) is 7.29. The Balaban J connectivity index is 1.19. The third kappa shape index (κ3) is 4.18. The van der Waals surface area contributed by atoms with E-state index in [9.17, 15) is 4.79 Å². The standard InChI is InChI=1S/C27H34N4O/c1-4-27(32)29-23-7-6-21-14-20(15-22(21)16-23)17-30-11-9-24(10-12-30)31-19(3)28-25-13-18(2)5-8-26(25)31/h5-8,13,16,20,24H,4,9-12,14-15,17H2,1-3H3,(H,29,32). The Bertz CT molecular complexity index is 1140. The Morgan fingerprint density at radius 1 is 1.06 bits per heavy atom. The van der Waals surface area contributed by atoms with Crippen molar-refractivity contribution in [2.45, 2.75) is 58.9 Å². The van der Waals surface area contributed by atoms with Gasteiger partial charge in [-0.3, -0.25) is 4.79 Å². The van der Waals surface area contributed by atoms with Gasteiger partial charge < -0.3 is 14.8 Å². The van der Waals surface area contributed by atoms with Crippen LogP contribution in [-0.4, -0.2) is 40.0 Å². The molecule has 168 valence electrons. The number of hydrogen-bond acceptors (Lipinski definition) is 3. The van der Waals surface area contributed by atoms with Crippen LogP contribution < -0.4 is 5.32 Å². The lowest BCUT2D eigenvalue weighted by Gasteiger charge is -2.34. The summed E-state index contributed by atoms with van der Waals surface area (Å²) in [6, 6.07) is 13.6. The van der Waals surface area contributed by atoms with Crippen molar-refractivity contribution in [3.05, 3.63) is 58.9 Å². The van der Waals surface area contributed by atoms with E-state index in [1.54, 1.807) is 0 Å². The number of imidazole rings is 1. The minimum atomic E-state index is 0.0819. The Kier molecular flexibility index (Phi) is 5.76. The van der Waals surface area contributed by atoms with Gasteiger partial charge in [-0.15, -0.1) is 0 Å². The molecule has 0 radical (unpaired) electrons. The number of rotatable bonds is 5. The highest BCUT2D eigenvalue weighted by Gasteiger charge is 2.28. The van der Waals surface area contributed by atoms with E-state index in [4.69, 9.17) is 4.98 Å². The van der Waals surface area contributed by atoms with Crippen LogP contribution in [0.5, 0.6) is 0 Å². The molecule has 2 aromatic carbocycles. The number of aryl methyl sites for hydroxylation is 2. The SMILES string of the molecule is CCC(=O)Nc1ccc2c(c1)CC(CN1CCC(n3c(C)nc4cc(C)ccc43)CC1)C2. The number of carbonyl (C=O) groups is 1. The molecule has 1 aliphatic heterocycles. The summed E-state index contributed by atoms with van der Waals surface area (Å²) < 4.78 is 2.48. The van der Waals surface area contributed by atoms with Crippen molar-refractivity contribution in [2.75, 3.05) is 25.0 Å². The molecule has 1 N–H and O–H groups in total. The first kappa shape index (κ1) is 21.2. The highest BCUT2D eigenvalue weighted by molar-refractivity contribution is 5.90. The summed E-state index contributed by atoms with van der Waals surface area (Å²) in [7, 11) is 0. The van der Waals surface area contributed by atoms with Crippen LogP contribution in [-0.2, 0) is 17.6 Å². The molecule has 1 aliphatic carbocycles. The number of aromatic nitrogens is 2. The molecule has 5 heteroatoms. The van der Waals surface area contributed by atoms with E-state index < -0.39 is 0 Å². The highest BCUT2D eigenvalue weighted by Crippen LogP contribution is 2.33. The second kappa shape index (κ2) is 8.70. The topological polar surface area (TPSA) is 50.2 Å². The zero-order valence-electron chi connectivity index (χ0n) is 19.5. The molecule has 1 amide bonds. The molecular formula is C27H34N4O. The number of anilines is 1. The van der Waals surface area contributed by atoms with Crippen LogP contribution in [0.3, 0.4) is 0 Å². The van der Waals surface area contributed by atoms with Crippen molar-refractivity contribution >= 4 is 22.6 Å². The maximum atomic E-state index is 11.7. The second-order valence-electron chi connectivity index (χ2n) is 9.71. The van der Waals surface area contributed by atoms with Gasteiger partial charge in [0.15, 0.2) is 0 Å². The predicted molar refractivity (Wildman–Crippen MR) is 130 cm³/mol. The van der Waals surface area contributed by atoms with E-state index in [1.807, 2.05) is 6.92 Å². The minimum absolute atomic E-state index is 0.0819. The molecule has 0 bridgehead atoms. The number of fused-ring (bicyclic) bond motifs is 2. The molecule has 1 atom stereocenters. The molecule has 1 saturated heterocycles. The maximum absolute atomic E-state index is 11.7. The lowest BCUT2D eigenvalue weighted by molar-refractivity contribution is -0.115. The first-order chi connectivity index (χ1) is 15.5. The second-order valence-corrected chi connectivity index (χ2v) is 9.71. The third-order valence-electron chi connectivity index (χ3n) is 7.29. The Morgan fingerprint density at radius 3 is 2.62 bits per heavy atom. The monoisotopic (exact) mass is 430 g/mol. The van der Waals surface area contributed by atoms with Gasteiger partial charge in [0.1, 0.15) is 5.82 Å². The van der Waals surface area contributed by atoms with Crippen LogP contribution in [0.25, 0.3) is 11.0 Å². The van der Waals surface area contributed by atoms with Crippen molar-refractivity contribution < 1.29 is 4.79 Å². The number of likely N-dealkylation sites (tertiary alicyclic amines) is 1. The number of benzene rings is 2. The van der Waals surface area contributed by atoms with E-state index in [2.05, 4.69) is 65.0 Å². The van der Waals surface area contributed by atoms with E-state index >= 15 is 0 Å². The van der Waals surface area contributed by atoms with Gasteiger partial charge in [-0.05, 0) is 86.4 Å². The minimum Gasteiger partial charge on any atom is -0.326 e. The fraction of sp³-hybridized carbons (Fsp3) is 0.481. The summed E-state index contributed by atoms with van der Waals surface area (Å²) in [6.07, 6.45) is 5.17. The molecule has 0 saturated carbocycles. The predicted octanol–water partition coefficient (Wildman–Crippen LogP) is 5.05. The van der Waals surface area contributed by atoms with Crippen LogP contribution in [0.4, 0.5) is 5.69 Å². The molecule has 1 unspecified atom stereocenters. The largest absolute Gasteiger partial charge is 0.326 e. The summed E-state index contributed by atoms with van der Waals surface area (Å²) in [4.78, 5) is 19.2. The average molecular weight is 431 g/mol. The fourth-order valence-corrected chi connectivity index (χ4v) is 5.68. The fourth-order valence-electron chi connectivity index (χ4n) is 5.68. The molecular weight excluding hydrogens is 396 g/mol. The summed E-state index contributed by atoms with van der Waals surface area (Å²) in [6.45, 7) is 9.64. The van der Waals surface area contributed by atoms with Crippen LogP contribution >= 0.6 is 0 Å². The van der Waals surface area contributed by atoms with E-state index in [0.29, 0.717) is 18.4 Å². The zero-order chi connectivity index (χ0) is 22.2. The van der Waals surface area contributed by atoms with Gasteiger partial charge in [-0.2, -0.15) is 0 Å². The molecule has 5 rings (SSSR count). The maximum Gasteiger partial charge on any atom is 0.224 e. The number of nitrogens with one attached hydrogen (secondary N) is 1. The normalized spacial score (nSPS) is 19.4. The molecule has 1 aromatic heterocycles. The summed E-state index contributed by atoms with van der Waals surface area (Å²) in [5.41, 5.74) is 7.49. The van der Waals surface area contributed by atoms with Gasteiger partial charge in [0, 0.05) is 37.8 Å². The van der Waals surface area contributed by atoms with Crippen molar-refractivity contribution in [2.24, 2.45) is 5.92 Å². The Morgan fingerprint density at radius 2 is 1.84 bits per heavy atom. The van der Waals surface area contributed by atoms with Crippen LogP contribution in [0, 0.1) is 19.8 Å². The lowest BCUT2D eigenvalue weighted by Crippen LogP contribution is -2.38. The molecule has 2 aliphatic rings. The summed E-state index contributed by atoms with van der Waals surface area (Å²) >= 11 is 0. The summed E-state index contributed by atoms with van der Waals surface area (Å²) in [5.74, 6) is 1.90. The number of piperidine rings is 1.